The molecule has 0 unspecified atom stereocenters. The number of fused-ring (bicyclic) bond motifs is 2. The minimum absolute atomic E-state index is 0.0240. The van der Waals surface area contributed by atoms with Gasteiger partial charge in [0.05, 0.1) is 18.4 Å². The summed E-state index contributed by atoms with van der Waals surface area (Å²) in [6.45, 7) is 4.19. The lowest BCUT2D eigenvalue weighted by Crippen LogP contribution is -2.63. The molecule has 16 nitrogen and oxygen atoms in total. The Morgan fingerprint density at radius 3 is 2.02 bits per heavy atom. The minimum Gasteiger partial charge on any atom is -0.454 e. The molecule has 1 aromatic carbocycles. The van der Waals surface area contributed by atoms with Gasteiger partial charge in [-0.25, -0.2) is 4.79 Å². The van der Waals surface area contributed by atoms with Gasteiger partial charge in [0, 0.05) is 44.8 Å². The number of hydrogen-bond acceptors (Lipinski definition) is 13. The zero-order valence-electron chi connectivity index (χ0n) is 29.3. The number of aliphatic hydroxyl groups is 1. The molecule has 0 radical (unpaired) electrons. The number of hydrogen-bond donors (Lipinski definition) is 4. The molecular weight excluding hydrogens is 670 g/mol. The molecule has 4 N–H and O–H groups in total. The van der Waals surface area contributed by atoms with Gasteiger partial charge >= 0.3 is 18.0 Å². The topological polar surface area (TPSA) is 206 Å². The number of anilines is 1. The second-order valence-electron chi connectivity index (χ2n) is 12.5. The number of ether oxygens (including phenoxy) is 7. The normalized spacial score (nSPS) is 26.0. The number of carbonyl (C=O) groups is 5. The van der Waals surface area contributed by atoms with Crippen LogP contribution in [0.25, 0.3) is 0 Å². The van der Waals surface area contributed by atoms with E-state index in [4.69, 9.17) is 33.2 Å². The molecule has 282 valence electrons. The number of unbranched alkanes of at least 4 members (excludes halogenated alkanes) is 2. The Morgan fingerprint density at radius 2 is 1.45 bits per heavy atom. The summed E-state index contributed by atoms with van der Waals surface area (Å²) in [4.78, 5) is 66.5. The molecule has 3 heterocycles. The molecule has 3 amide bonds. The lowest BCUT2D eigenvalue weighted by atomic mass is 9.94. The van der Waals surface area contributed by atoms with E-state index in [1.807, 2.05) is 13.8 Å². The smallest absolute Gasteiger partial charge is 0.412 e. The van der Waals surface area contributed by atoms with Gasteiger partial charge in [-0.15, -0.1) is 0 Å². The van der Waals surface area contributed by atoms with E-state index in [-0.39, 0.29) is 50.0 Å². The number of allylic oxidation sites excluding steroid dienone is 2. The average Bonchev–Trinajstić information content (AvgIpc) is 3.58. The zero-order chi connectivity index (χ0) is 36.8. The maximum Gasteiger partial charge on any atom is 0.412 e. The van der Waals surface area contributed by atoms with Gasteiger partial charge in [0.1, 0.15) is 6.10 Å². The Hall–Kier alpha value is -4.41. The van der Waals surface area contributed by atoms with Gasteiger partial charge in [-0.3, -0.25) is 24.5 Å². The first-order valence-electron chi connectivity index (χ1n) is 17.4. The first kappa shape index (κ1) is 39.4. The molecule has 1 aromatic rings. The highest BCUT2D eigenvalue weighted by Crippen LogP contribution is 2.35. The maximum absolute atomic E-state index is 13.8. The largest absolute Gasteiger partial charge is 0.454 e. The highest BCUT2D eigenvalue weighted by atomic mass is 16.7. The van der Waals surface area contributed by atoms with Gasteiger partial charge in [-0.2, -0.15) is 0 Å². The number of benzene rings is 1. The van der Waals surface area contributed by atoms with Crippen LogP contribution in [-0.4, -0.2) is 99.3 Å². The summed E-state index contributed by atoms with van der Waals surface area (Å²) in [5.41, 5.74) is 0.288. The van der Waals surface area contributed by atoms with E-state index in [1.54, 1.807) is 24.3 Å². The summed E-state index contributed by atoms with van der Waals surface area (Å²) in [6.07, 6.45) is -1.92. The Kier molecular flexibility index (Phi) is 15.3. The molecule has 0 spiro atoms. The predicted octanol–water partition coefficient (Wildman–Crippen LogP) is 2.71. The summed E-state index contributed by atoms with van der Waals surface area (Å²) < 4.78 is 39.6. The highest BCUT2D eigenvalue weighted by molar-refractivity contribution is 5.86. The molecule has 3 aliphatic heterocycles. The third-order valence-corrected chi connectivity index (χ3v) is 8.61. The van der Waals surface area contributed by atoms with Crippen molar-refractivity contribution >= 4 is 35.5 Å². The standard InChI is InChI=1S/C35H49N3O13/c1-4-6-14-36-27(40)16-21-10-8-9-11-22(17-28(41)37-15-7-5-2)33(43)50-31-30(49-32(21)42)29(26(19-39)48-34(31)45-3)51-35(44)38-23-12-13-24-25(18-23)47-20-46-24/h8-9,12-13,18,21-22,26,29-31,34,39H,4-7,10-11,14-17,19-20H2,1-3H3,(H,36,40)(H,37,41)(H,38,44)/t21-,22-,26+,29-,30-,31+,34-/m0/s1. The van der Waals surface area contributed by atoms with Crippen molar-refractivity contribution in [3.63, 3.8) is 0 Å². The Balaban J connectivity index is 1.64. The number of aliphatic hydroxyl groups excluding tert-OH is 1. The molecule has 0 saturated carbocycles. The van der Waals surface area contributed by atoms with E-state index in [0.717, 1.165) is 25.7 Å². The summed E-state index contributed by atoms with van der Waals surface area (Å²) in [6, 6.07) is 4.67. The fourth-order valence-corrected chi connectivity index (χ4v) is 5.77. The molecule has 16 heteroatoms. The molecule has 1 fully saturated rings. The van der Waals surface area contributed by atoms with Crippen LogP contribution < -0.4 is 25.4 Å². The number of methoxy groups -OCH3 is 1. The van der Waals surface area contributed by atoms with E-state index in [9.17, 15) is 29.1 Å². The predicted molar refractivity (Wildman–Crippen MR) is 179 cm³/mol. The van der Waals surface area contributed by atoms with Crippen LogP contribution in [0.1, 0.15) is 65.2 Å². The van der Waals surface area contributed by atoms with Gasteiger partial charge < -0.3 is 48.9 Å². The zero-order valence-corrected chi connectivity index (χ0v) is 29.3. The van der Waals surface area contributed by atoms with Crippen molar-refractivity contribution in [1.82, 2.24) is 10.6 Å². The van der Waals surface area contributed by atoms with Gasteiger partial charge in [0.2, 0.25) is 18.6 Å². The number of rotatable bonds is 14. The summed E-state index contributed by atoms with van der Waals surface area (Å²) in [7, 11) is 1.26. The molecule has 51 heavy (non-hydrogen) atoms. The van der Waals surface area contributed by atoms with E-state index < -0.39 is 67.2 Å². The van der Waals surface area contributed by atoms with Crippen LogP contribution in [0.3, 0.4) is 0 Å². The van der Waals surface area contributed by atoms with E-state index >= 15 is 0 Å². The van der Waals surface area contributed by atoms with Crippen molar-refractivity contribution in [2.75, 3.05) is 38.9 Å². The summed E-state index contributed by atoms with van der Waals surface area (Å²) in [5, 5.41) is 18.5. The van der Waals surface area contributed by atoms with Crippen molar-refractivity contribution in [3.05, 3.63) is 30.4 Å². The van der Waals surface area contributed by atoms with Crippen molar-refractivity contribution in [2.45, 2.75) is 95.9 Å². The van der Waals surface area contributed by atoms with E-state index in [1.165, 1.54) is 13.2 Å². The number of nitrogens with one attached hydrogen (secondary N) is 3. The SMILES string of the molecule is CCCCNC(=O)C[C@@H]1CC=CC[C@@H](CC(=O)NCCCC)C(=O)O[C@H]2[C@@H](OC)O[C@H](CO)[C@H](OC(=O)Nc3ccc4c(c3)OCO4)[C@@H]2OC1=O. The van der Waals surface area contributed by atoms with E-state index in [2.05, 4.69) is 16.0 Å². The Labute approximate surface area is 296 Å². The van der Waals surface area contributed by atoms with Crippen molar-refractivity contribution in [1.29, 1.82) is 0 Å². The molecule has 0 aromatic heterocycles. The lowest BCUT2D eigenvalue weighted by molar-refractivity contribution is -0.300. The molecule has 0 aliphatic carbocycles. The van der Waals surface area contributed by atoms with Crippen molar-refractivity contribution in [2.24, 2.45) is 11.8 Å². The first-order valence-corrected chi connectivity index (χ1v) is 17.4. The number of esters is 2. The average molecular weight is 720 g/mol. The van der Waals surface area contributed by atoms with Crippen molar-refractivity contribution in [3.8, 4) is 11.5 Å². The van der Waals surface area contributed by atoms with Crippen LogP contribution in [0.4, 0.5) is 10.5 Å². The van der Waals surface area contributed by atoms with Gasteiger partial charge in [-0.1, -0.05) is 38.8 Å². The quantitative estimate of drug-likeness (QED) is 0.0946. The molecular formula is C35H49N3O13. The Bertz CT molecular complexity index is 1390. The van der Waals surface area contributed by atoms with Gasteiger partial charge in [0.25, 0.3) is 0 Å². The second-order valence-corrected chi connectivity index (χ2v) is 12.5. The summed E-state index contributed by atoms with van der Waals surface area (Å²) in [5.74, 6) is -3.38. The number of amides is 3. The fraction of sp³-hybridized carbons (Fsp3) is 0.629. The van der Waals surface area contributed by atoms with Crippen LogP contribution >= 0.6 is 0 Å². The summed E-state index contributed by atoms with van der Waals surface area (Å²) >= 11 is 0. The molecule has 1 saturated heterocycles. The Morgan fingerprint density at radius 1 is 0.863 bits per heavy atom. The third-order valence-electron chi connectivity index (χ3n) is 8.61. The van der Waals surface area contributed by atoms with Gasteiger partial charge in [0.15, 0.2) is 36.1 Å². The van der Waals surface area contributed by atoms with Crippen LogP contribution in [0.5, 0.6) is 11.5 Å². The number of carbonyl (C=O) groups excluding carboxylic acids is 5. The minimum atomic E-state index is -1.56. The maximum atomic E-state index is 13.8. The first-order chi connectivity index (χ1) is 24.7. The molecule has 0 bridgehead atoms. The molecule has 7 atom stereocenters. The fourth-order valence-electron chi connectivity index (χ4n) is 5.77. The van der Waals surface area contributed by atoms with Crippen LogP contribution in [-0.2, 0) is 42.9 Å². The van der Waals surface area contributed by atoms with Gasteiger partial charge in [-0.05, 0) is 37.8 Å². The van der Waals surface area contributed by atoms with Crippen LogP contribution in [0.2, 0.25) is 0 Å². The monoisotopic (exact) mass is 719 g/mol. The molecule has 3 aliphatic rings. The van der Waals surface area contributed by atoms with Crippen LogP contribution in [0, 0.1) is 11.8 Å². The second kappa shape index (κ2) is 19.8. The lowest BCUT2D eigenvalue weighted by Gasteiger charge is -2.44. The highest BCUT2D eigenvalue weighted by Gasteiger charge is 2.53. The van der Waals surface area contributed by atoms with E-state index in [0.29, 0.717) is 24.6 Å². The van der Waals surface area contributed by atoms with Crippen molar-refractivity contribution < 1.29 is 62.2 Å². The van der Waals surface area contributed by atoms with Crippen LogP contribution in [0.15, 0.2) is 30.4 Å². The third kappa shape index (κ3) is 11.3. The molecule has 4 rings (SSSR count).